The molecular formula is C14H12FNO2S. The molecule has 98 valence electrons. The van der Waals surface area contributed by atoms with Crippen LogP contribution >= 0.6 is 11.8 Å². The molecule has 5 heteroatoms. The Morgan fingerprint density at radius 1 is 1.32 bits per heavy atom. The first-order chi connectivity index (χ1) is 9.22. The number of hydrogen-bond donors (Lipinski definition) is 0. The Kier molecular flexibility index (Phi) is 4.52. The second kappa shape index (κ2) is 6.33. The smallest absolute Gasteiger partial charge is 0.195 e. The van der Waals surface area contributed by atoms with Crippen LogP contribution < -0.4 is 4.74 Å². The van der Waals surface area contributed by atoms with Crippen molar-refractivity contribution in [2.24, 2.45) is 0 Å². The predicted octanol–water partition coefficient (Wildman–Crippen LogP) is 3.20. The molecule has 2 rings (SSSR count). The number of methoxy groups -OCH3 is 1. The first kappa shape index (κ1) is 13.5. The number of halogens is 1. The Balaban J connectivity index is 2.08. The fourth-order valence-electron chi connectivity index (χ4n) is 1.54. The van der Waals surface area contributed by atoms with Gasteiger partial charge in [-0.25, -0.2) is 9.37 Å². The number of hydrogen-bond acceptors (Lipinski definition) is 4. The van der Waals surface area contributed by atoms with Gasteiger partial charge in [-0.15, -0.1) is 11.8 Å². The van der Waals surface area contributed by atoms with Gasteiger partial charge in [0, 0.05) is 11.1 Å². The van der Waals surface area contributed by atoms with Crippen LogP contribution in [0.3, 0.4) is 0 Å². The summed E-state index contributed by atoms with van der Waals surface area (Å²) in [4.78, 5) is 16.5. The molecule has 1 heterocycles. The first-order valence-corrected chi connectivity index (χ1v) is 6.60. The Hall–Kier alpha value is -1.88. The molecular weight excluding hydrogens is 265 g/mol. The highest BCUT2D eigenvalue weighted by Crippen LogP contribution is 2.23. The van der Waals surface area contributed by atoms with E-state index in [2.05, 4.69) is 4.98 Å². The highest BCUT2D eigenvalue weighted by atomic mass is 32.2. The van der Waals surface area contributed by atoms with Gasteiger partial charge >= 0.3 is 0 Å². The molecule has 19 heavy (non-hydrogen) atoms. The van der Waals surface area contributed by atoms with Crippen LogP contribution in [0.25, 0.3) is 0 Å². The van der Waals surface area contributed by atoms with Crippen molar-refractivity contribution in [1.82, 2.24) is 4.98 Å². The van der Waals surface area contributed by atoms with E-state index in [9.17, 15) is 9.18 Å². The number of pyridine rings is 1. The SMILES string of the molecule is COc1cccnc1C(=O)CSc1ccccc1F. The molecule has 0 N–H and O–H groups in total. The van der Waals surface area contributed by atoms with Crippen LogP contribution in [0.1, 0.15) is 10.5 Å². The number of ketones is 1. The molecule has 0 radical (unpaired) electrons. The molecule has 3 nitrogen and oxygen atoms in total. The van der Waals surface area contributed by atoms with Crippen molar-refractivity contribution in [3.63, 3.8) is 0 Å². The van der Waals surface area contributed by atoms with Gasteiger partial charge in [0.2, 0.25) is 0 Å². The van der Waals surface area contributed by atoms with Gasteiger partial charge in [-0.05, 0) is 24.3 Å². The summed E-state index contributed by atoms with van der Waals surface area (Å²) in [5.74, 6) is 0.0366. The van der Waals surface area contributed by atoms with Crippen molar-refractivity contribution < 1.29 is 13.9 Å². The van der Waals surface area contributed by atoms with Crippen molar-refractivity contribution in [1.29, 1.82) is 0 Å². The van der Waals surface area contributed by atoms with Crippen LogP contribution in [-0.2, 0) is 0 Å². The number of carbonyl (C=O) groups excluding carboxylic acids is 1. The minimum Gasteiger partial charge on any atom is -0.494 e. The molecule has 0 saturated heterocycles. The maximum Gasteiger partial charge on any atom is 0.195 e. The second-order valence-corrected chi connectivity index (χ2v) is 4.71. The highest BCUT2D eigenvalue weighted by Gasteiger charge is 2.14. The van der Waals surface area contributed by atoms with Gasteiger partial charge in [0.1, 0.15) is 17.3 Å². The van der Waals surface area contributed by atoms with E-state index in [4.69, 9.17) is 4.74 Å². The molecule has 1 aromatic heterocycles. The maximum absolute atomic E-state index is 13.4. The lowest BCUT2D eigenvalue weighted by Gasteiger charge is -2.06. The number of benzene rings is 1. The van der Waals surface area contributed by atoms with Gasteiger partial charge in [0.15, 0.2) is 5.78 Å². The van der Waals surface area contributed by atoms with Crippen molar-refractivity contribution >= 4 is 17.5 Å². The summed E-state index contributed by atoms with van der Waals surface area (Å²) in [6.07, 6.45) is 1.53. The van der Waals surface area contributed by atoms with Crippen molar-refractivity contribution in [3.05, 3.63) is 54.1 Å². The average molecular weight is 277 g/mol. The van der Waals surface area contributed by atoms with E-state index < -0.39 is 0 Å². The molecule has 0 spiro atoms. The van der Waals surface area contributed by atoms with Crippen LogP contribution in [0.15, 0.2) is 47.5 Å². The second-order valence-electron chi connectivity index (χ2n) is 3.70. The summed E-state index contributed by atoms with van der Waals surface area (Å²) in [7, 11) is 1.48. The Bertz CT molecular complexity index is 589. The standard InChI is InChI=1S/C14H12FNO2S/c1-18-12-6-4-8-16-14(12)11(17)9-19-13-7-3-2-5-10(13)15/h2-8H,9H2,1H3. The Morgan fingerprint density at radius 3 is 2.84 bits per heavy atom. The topological polar surface area (TPSA) is 39.2 Å². The monoisotopic (exact) mass is 277 g/mol. The molecule has 1 aromatic carbocycles. The van der Waals surface area contributed by atoms with Crippen LogP contribution in [-0.4, -0.2) is 23.6 Å². The van der Waals surface area contributed by atoms with E-state index in [1.807, 2.05) is 0 Å². The van der Waals surface area contributed by atoms with E-state index in [0.717, 1.165) is 11.8 Å². The largest absolute Gasteiger partial charge is 0.494 e. The summed E-state index contributed by atoms with van der Waals surface area (Å²) < 4.78 is 18.5. The molecule has 0 aliphatic rings. The molecule has 0 aliphatic carbocycles. The molecule has 0 atom stereocenters. The van der Waals surface area contributed by atoms with Crippen molar-refractivity contribution in [2.75, 3.05) is 12.9 Å². The maximum atomic E-state index is 13.4. The lowest BCUT2D eigenvalue weighted by atomic mass is 10.2. The van der Waals surface area contributed by atoms with E-state index in [1.54, 1.807) is 30.3 Å². The highest BCUT2D eigenvalue weighted by molar-refractivity contribution is 8.00. The van der Waals surface area contributed by atoms with E-state index >= 15 is 0 Å². The number of Topliss-reactive ketones (excluding diaryl/α,β-unsaturated/α-hetero) is 1. The van der Waals surface area contributed by atoms with Crippen LogP contribution in [0.4, 0.5) is 4.39 Å². The van der Waals surface area contributed by atoms with Crippen LogP contribution in [0, 0.1) is 5.82 Å². The third-order valence-corrected chi connectivity index (χ3v) is 3.50. The summed E-state index contributed by atoms with van der Waals surface area (Å²) in [5.41, 5.74) is 0.272. The predicted molar refractivity (Wildman–Crippen MR) is 72.2 cm³/mol. The van der Waals surface area contributed by atoms with Crippen molar-refractivity contribution in [3.8, 4) is 5.75 Å². The Labute approximate surface area is 114 Å². The quantitative estimate of drug-likeness (QED) is 0.621. The van der Waals surface area contributed by atoms with Gasteiger partial charge in [0.25, 0.3) is 0 Å². The average Bonchev–Trinajstić information content (AvgIpc) is 2.46. The third kappa shape index (κ3) is 3.32. The molecule has 2 aromatic rings. The number of carbonyl (C=O) groups is 1. The minimum absolute atomic E-state index is 0.119. The summed E-state index contributed by atoms with van der Waals surface area (Å²) in [6, 6.07) is 9.73. The molecule has 0 unspecified atom stereocenters. The normalized spacial score (nSPS) is 10.2. The van der Waals surface area contributed by atoms with Crippen LogP contribution in [0.2, 0.25) is 0 Å². The Morgan fingerprint density at radius 2 is 2.11 bits per heavy atom. The van der Waals surface area contributed by atoms with E-state index in [-0.39, 0.29) is 23.0 Å². The fourth-order valence-corrected chi connectivity index (χ4v) is 2.34. The fraction of sp³-hybridized carbons (Fsp3) is 0.143. The number of nitrogens with zero attached hydrogens (tertiary/aromatic N) is 1. The first-order valence-electron chi connectivity index (χ1n) is 5.62. The summed E-state index contributed by atoms with van der Waals surface area (Å²) in [5, 5.41) is 0. The molecule has 0 amide bonds. The van der Waals surface area contributed by atoms with E-state index in [0.29, 0.717) is 10.6 Å². The van der Waals surface area contributed by atoms with Gasteiger partial charge in [0.05, 0.1) is 12.9 Å². The van der Waals surface area contributed by atoms with Gasteiger partial charge in [-0.1, -0.05) is 12.1 Å². The lowest BCUT2D eigenvalue weighted by molar-refractivity contribution is 0.101. The zero-order chi connectivity index (χ0) is 13.7. The molecule has 0 fully saturated rings. The van der Waals surface area contributed by atoms with Gasteiger partial charge in [-0.3, -0.25) is 4.79 Å². The van der Waals surface area contributed by atoms with E-state index in [1.165, 1.54) is 19.4 Å². The van der Waals surface area contributed by atoms with Crippen molar-refractivity contribution in [2.45, 2.75) is 4.90 Å². The number of aromatic nitrogens is 1. The van der Waals surface area contributed by atoms with Crippen LogP contribution in [0.5, 0.6) is 5.75 Å². The van der Waals surface area contributed by atoms with Gasteiger partial charge in [-0.2, -0.15) is 0 Å². The van der Waals surface area contributed by atoms with Gasteiger partial charge < -0.3 is 4.74 Å². The molecule has 0 saturated carbocycles. The minimum atomic E-state index is -0.326. The molecule has 0 aliphatic heterocycles. The zero-order valence-electron chi connectivity index (χ0n) is 10.3. The summed E-state index contributed by atoms with van der Waals surface area (Å²) in [6.45, 7) is 0. The number of ether oxygens (including phenoxy) is 1. The zero-order valence-corrected chi connectivity index (χ0v) is 11.1. The lowest BCUT2D eigenvalue weighted by Crippen LogP contribution is -2.07. The third-order valence-electron chi connectivity index (χ3n) is 2.45. The molecule has 0 bridgehead atoms. The summed E-state index contributed by atoms with van der Waals surface area (Å²) >= 11 is 1.15. The number of thioether (sulfide) groups is 1. The number of rotatable bonds is 5.